The van der Waals surface area contributed by atoms with Gasteiger partial charge in [0, 0.05) is 30.4 Å². The van der Waals surface area contributed by atoms with Crippen LogP contribution in [-0.2, 0) is 0 Å². The van der Waals surface area contributed by atoms with Crippen molar-refractivity contribution >= 4 is 5.65 Å². The van der Waals surface area contributed by atoms with Crippen LogP contribution in [0.25, 0.3) is 28.6 Å². The van der Waals surface area contributed by atoms with Crippen LogP contribution >= 0.6 is 0 Å². The van der Waals surface area contributed by atoms with Crippen LogP contribution in [0.5, 0.6) is 0 Å². The Labute approximate surface area is 113 Å². The molecule has 0 saturated heterocycles. The number of hydrogen-bond donors (Lipinski definition) is 0. The summed E-state index contributed by atoms with van der Waals surface area (Å²) in [4.78, 5) is 12.8. The number of rotatable bonds is 2. The largest absolute Gasteiger partial charge is 0.332 e. The van der Waals surface area contributed by atoms with Crippen LogP contribution in [0.1, 0.15) is 0 Å². The summed E-state index contributed by atoms with van der Waals surface area (Å²) in [6.07, 6.45) is 7.16. The fraction of sp³-hybridized carbons (Fsp3) is 0. The second-order valence-electron chi connectivity index (χ2n) is 4.25. The van der Waals surface area contributed by atoms with Crippen LogP contribution in [0.15, 0.2) is 59.6 Å². The Kier molecular flexibility index (Phi) is 2.32. The average molecular weight is 263 g/mol. The van der Waals surface area contributed by atoms with E-state index in [4.69, 9.17) is 4.52 Å². The van der Waals surface area contributed by atoms with Crippen molar-refractivity contribution in [1.29, 1.82) is 0 Å². The number of hydrogen-bond acceptors (Lipinski definition) is 5. The summed E-state index contributed by atoms with van der Waals surface area (Å²) in [7, 11) is 0. The Bertz CT molecular complexity index is 832. The fourth-order valence-corrected chi connectivity index (χ4v) is 1.98. The standard InChI is InChI=1S/C14H9N5O/c1-2-8-19-9-11(16-12(19)3-1)14-17-13(18-20-14)10-4-6-15-7-5-10/h1-9H. The Morgan fingerprint density at radius 2 is 1.90 bits per heavy atom. The third-order valence-electron chi connectivity index (χ3n) is 2.95. The minimum absolute atomic E-state index is 0.403. The molecule has 0 bridgehead atoms. The highest BCUT2D eigenvalue weighted by atomic mass is 16.5. The molecule has 4 rings (SSSR count). The minimum Gasteiger partial charge on any atom is -0.332 e. The van der Waals surface area contributed by atoms with Gasteiger partial charge in [-0.2, -0.15) is 4.98 Å². The van der Waals surface area contributed by atoms with Crippen molar-refractivity contribution in [2.24, 2.45) is 0 Å². The van der Waals surface area contributed by atoms with E-state index in [1.54, 1.807) is 12.4 Å². The van der Waals surface area contributed by atoms with Crippen molar-refractivity contribution in [1.82, 2.24) is 24.5 Å². The molecule has 96 valence electrons. The maximum atomic E-state index is 5.28. The van der Waals surface area contributed by atoms with E-state index < -0.39 is 0 Å². The number of pyridine rings is 2. The van der Waals surface area contributed by atoms with E-state index in [0.29, 0.717) is 17.4 Å². The molecule has 0 aliphatic carbocycles. The van der Waals surface area contributed by atoms with Gasteiger partial charge in [0.25, 0.3) is 5.89 Å². The van der Waals surface area contributed by atoms with E-state index in [9.17, 15) is 0 Å². The summed E-state index contributed by atoms with van der Waals surface area (Å²) in [6.45, 7) is 0. The van der Waals surface area contributed by atoms with Crippen LogP contribution in [0.2, 0.25) is 0 Å². The molecule has 0 radical (unpaired) electrons. The first-order valence-corrected chi connectivity index (χ1v) is 6.08. The van der Waals surface area contributed by atoms with Gasteiger partial charge in [0.2, 0.25) is 5.82 Å². The van der Waals surface area contributed by atoms with Gasteiger partial charge in [-0.15, -0.1) is 0 Å². The second kappa shape index (κ2) is 4.27. The van der Waals surface area contributed by atoms with Gasteiger partial charge in [0.1, 0.15) is 11.3 Å². The van der Waals surface area contributed by atoms with Crippen molar-refractivity contribution in [2.45, 2.75) is 0 Å². The molecule has 0 fully saturated rings. The van der Waals surface area contributed by atoms with Gasteiger partial charge in [-0.05, 0) is 24.3 Å². The van der Waals surface area contributed by atoms with Crippen LogP contribution in [0, 0.1) is 0 Å². The van der Waals surface area contributed by atoms with Crippen molar-refractivity contribution in [3.63, 3.8) is 0 Å². The predicted molar refractivity (Wildman–Crippen MR) is 71.7 cm³/mol. The first-order chi connectivity index (χ1) is 9.90. The van der Waals surface area contributed by atoms with Gasteiger partial charge in [-0.1, -0.05) is 11.2 Å². The monoisotopic (exact) mass is 263 g/mol. The zero-order valence-electron chi connectivity index (χ0n) is 10.3. The van der Waals surface area contributed by atoms with E-state index in [1.807, 2.05) is 47.1 Å². The van der Waals surface area contributed by atoms with Gasteiger partial charge in [0.15, 0.2) is 0 Å². The predicted octanol–water partition coefficient (Wildman–Crippen LogP) is 2.45. The molecule has 0 aliphatic rings. The summed E-state index contributed by atoms with van der Waals surface area (Å²) >= 11 is 0. The summed E-state index contributed by atoms with van der Waals surface area (Å²) in [6, 6.07) is 9.46. The molecular weight excluding hydrogens is 254 g/mol. The highest BCUT2D eigenvalue weighted by Gasteiger charge is 2.13. The highest BCUT2D eigenvalue weighted by Crippen LogP contribution is 2.21. The Hall–Kier alpha value is -3.02. The molecule has 6 nitrogen and oxygen atoms in total. The van der Waals surface area contributed by atoms with Crippen molar-refractivity contribution in [2.75, 3.05) is 0 Å². The molecule has 6 heteroatoms. The maximum Gasteiger partial charge on any atom is 0.278 e. The van der Waals surface area contributed by atoms with Crippen LogP contribution in [-0.4, -0.2) is 24.5 Å². The molecule has 4 heterocycles. The van der Waals surface area contributed by atoms with Crippen molar-refractivity contribution in [3.05, 3.63) is 55.1 Å². The summed E-state index contributed by atoms with van der Waals surface area (Å²) in [5.74, 6) is 0.931. The first kappa shape index (κ1) is 10.9. The molecule has 0 spiro atoms. The van der Waals surface area contributed by atoms with Gasteiger partial charge in [-0.25, -0.2) is 4.98 Å². The van der Waals surface area contributed by atoms with Gasteiger partial charge in [0.05, 0.1) is 0 Å². The molecule has 0 aromatic carbocycles. The lowest BCUT2D eigenvalue weighted by Crippen LogP contribution is -1.81. The summed E-state index contributed by atoms with van der Waals surface area (Å²) in [5, 5.41) is 3.97. The third-order valence-corrected chi connectivity index (χ3v) is 2.95. The zero-order chi connectivity index (χ0) is 13.4. The minimum atomic E-state index is 0.403. The van der Waals surface area contributed by atoms with E-state index >= 15 is 0 Å². The molecule has 0 aliphatic heterocycles. The number of aromatic nitrogens is 5. The number of nitrogens with zero attached hydrogens (tertiary/aromatic N) is 5. The van der Waals surface area contributed by atoms with Crippen LogP contribution in [0.4, 0.5) is 0 Å². The van der Waals surface area contributed by atoms with Crippen LogP contribution in [0.3, 0.4) is 0 Å². The molecule has 4 aromatic rings. The molecule has 0 atom stereocenters. The Morgan fingerprint density at radius 3 is 2.75 bits per heavy atom. The zero-order valence-corrected chi connectivity index (χ0v) is 10.3. The van der Waals surface area contributed by atoms with E-state index in [-0.39, 0.29) is 0 Å². The summed E-state index contributed by atoms with van der Waals surface area (Å²) in [5.41, 5.74) is 2.36. The Balaban J connectivity index is 1.78. The van der Waals surface area contributed by atoms with Crippen LogP contribution < -0.4 is 0 Å². The third kappa shape index (κ3) is 1.74. The SMILES string of the molecule is c1ccn2cc(-c3nc(-c4ccncc4)no3)nc2c1. The lowest BCUT2D eigenvalue weighted by molar-refractivity contribution is 0.431. The Morgan fingerprint density at radius 1 is 1.00 bits per heavy atom. The highest BCUT2D eigenvalue weighted by molar-refractivity contribution is 5.59. The first-order valence-electron chi connectivity index (χ1n) is 6.08. The fourth-order valence-electron chi connectivity index (χ4n) is 1.98. The average Bonchev–Trinajstić information content (AvgIpc) is 3.14. The normalized spacial score (nSPS) is 11.0. The molecule has 0 saturated carbocycles. The number of fused-ring (bicyclic) bond motifs is 1. The molecule has 4 aromatic heterocycles. The van der Waals surface area contributed by atoms with Gasteiger partial charge in [-0.3, -0.25) is 4.98 Å². The second-order valence-corrected chi connectivity index (χ2v) is 4.25. The lowest BCUT2D eigenvalue weighted by Gasteiger charge is -1.89. The quantitative estimate of drug-likeness (QED) is 0.555. The maximum absolute atomic E-state index is 5.28. The van der Waals surface area contributed by atoms with Gasteiger partial charge < -0.3 is 8.92 Å². The molecule has 0 amide bonds. The van der Waals surface area contributed by atoms with Gasteiger partial charge >= 0.3 is 0 Å². The smallest absolute Gasteiger partial charge is 0.278 e. The van der Waals surface area contributed by atoms with E-state index in [1.165, 1.54) is 0 Å². The topological polar surface area (TPSA) is 69.1 Å². The molecule has 0 unspecified atom stereocenters. The van der Waals surface area contributed by atoms with Crippen molar-refractivity contribution in [3.8, 4) is 23.0 Å². The molecular formula is C14H9N5O. The van der Waals surface area contributed by atoms with E-state index in [2.05, 4.69) is 20.1 Å². The lowest BCUT2D eigenvalue weighted by atomic mass is 10.2. The molecule has 20 heavy (non-hydrogen) atoms. The number of imidazole rings is 1. The van der Waals surface area contributed by atoms with E-state index in [0.717, 1.165) is 11.2 Å². The van der Waals surface area contributed by atoms with Crippen molar-refractivity contribution < 1.29 is 4.52 Å². The summed E-state index contributed by atoms with van der Waals surface area (Å²) < 4.78 is 7.19. The molecule has 0 N–H and O–H groups in total.